The van der Waals surface area contributed by atoms with Crippen molar-refractivity contribution >= 4 is 56.0 Å². The number of rotatable bonds is 7. The maximum atomic E-state index is 14.0. The third-order valence-corrected chi connectivity index (χ3v) is 6.78. The molecule has 0 saturated heterocycles. The van der Waals surface area contributed by atoms with Crippen molar-refractivity contribution in [1.82, 2.24) is 25.5 Å². The molecule has 8 heteroatoms. The molecule has 6 nitrogen and oxygen atoms in total. The molecule has 208 valence electrons. The molecule has 0 unspecified atom stereocenters. The van der Waals surface area contributed by atoms with Crippen LogP contribution in [0.4, 0.5) is 4.39 Å². The van der Waals surface area contributed by atoms with Crippen LogP contribution in [0.5, 0.6) is 0 Å². The van der Waals surface area contributed by atoms with Crippen LogP contribution in [0, 0.1) is 11.2 Å². The summed E-state index contributed by atoms with van der Waals surface area (Å²) in [5.41, 5.74) is 7.77. The standard InChI is InChI=1S/C33H31FIN5O/c1-19(35)14-22(15-20(2)36-30(41)18-33(3,4)5)26-12-13-28-31(38-26)32(40-39-28)29-17-25-24(10-7-11-27(25)37-29)21-8-6-9-23(34)16-21/h6-17,37H,1,18H2,2-5H3,(H,36,41)(H,39,40)/b20-15+,22-14+. The summed E-state index contributed by atoms with van der Waals surface area (Å²) in [7, 11) is 0. The molecule has 3 N–H and O–H groups in total. The van der Waals surface area contributed by atoms with E-state index >= 15 is 0 Å². The van der Waals surface area contributed by atoms with Gasteiger partial charge in [0.05, 0.1) is 16.9 Å². The van der Waals surface area contributed by atoms with Crippen LogP contribution in [-0.2, 0) is 4.79 Å². The van der Waals surface area contributed by atoms with Gasteiger partial charge in [0.2, 0.25) is 5.91 Å². The number of H-pyrrole nitrogens is 2. The summed E-state index contributed by atoms with van der Waals surface area (Å²) in [6.07, 6.45) is 4.26. The van der Waals surface area contributed by atoms with Gasteiger partial charge in [-0.3, -0.25) is 9.89 Å². The average molecular weight is 660 g/mol. The number of amides is 1. The number of aromatic amines is 2. The van der Waals surface area contributed by atoms with E-state index in [1.165, 1.54) is 12.1 Å². The minimum atomic E-state index is -0.276. The Kier molecular flexibility index (Phi) is 7.95. The molecule has 5 rings (SSSR count). The zero-order chi connectivity index (χ0) is 29.3. The highest BCUT2D eigenvalue weighted by molar-refractivity contribution is 14.1. The molecule has 41 heavy (non-hydrogen) atoms. The van der Waals surface area contributed by atoms with Crippen LogP contribution < -0.4 is 5.32 Å². The highest BCUT2D eigenvalue weighted by atomic mass is 127. The fraction of sp³-hybridized carbons (Fsp3) is 0.182. The molecule has 0 aliphatic rings. The molecular weight excluding hydrogens is 628 g/mol. The third-order valence-electron chi connectivity index (χ3n) is 6.47. The Morgan fingerprint density at radius 1 is 1.07 bits per heavy atom. The monoisotopic (exact) mass is 659 g/mol. The second-order valence-electron chi connectivity index (χ2n) is 11.3. The summed E-state index contributed by atoms with van der Waals surface area (Å²) >= 11 is 2.16. The Morgan fingerprint density at radius 3 is 2.59 bits per heavy atom. The van der Waals surface area contributed by atoms with Crippen LogP contribution in [0.1, 0.15) is 39.8 Å². The number of halogens is 2. The summed E-state index contributed by atoms with van der Waals surface area (Å²) < 4.78 is 14.8. The van der Waals surface area contributed by atoms with Crippen molar-refractivity contribution in [2.24, 2.45) is 5.41 Å². The topological polar surface area (TPSA) is 86.5 Å². The Labute approximate surface area is 252 Å². The SMILES string of the molecule is C=C(I)/C=C(\C=C(/C)NC(=O)CC(C)(C)C)c1ccc2[nH]nc(-c3cc4c(-c5cccc(F)c5)cccc4[nH]3)c2n1. The fourth-order valence-corrected chi connectivity index (χ4v) is 5.15. The van der Waals surface area contributed by atoms with Gasteiger partial charge in [0.1, 0.15) is 17.0 Å². The van der Waals surface area contributed by atoms with E-state index in [4.69, 9.17) is 4.98 Å². The van der Waals surface area contributed by atoms with Crippen LogP contribution in [0.25, 0.3) is 50.0 Å². The fourth-order valence-electron chi connectivity index (χ4n) is 4.81. The van der Waals surface area contributed by atoms with E-state index in [0.717, 1.165) is 53.8 Å². The van der Waals surface area contributed by atoms with E-state index in [9.17, 15) is 9.18 Å². The molecule has 3 heterocycles. The predicted octanol–water partition coefficient (Wildman–Crippen LogP) is 8.70. The summed E-state index contributed by atoms with van der Waals surface area (Å²) in [6.45, 7) is 12.0. The second kappa shape index (κ2) is 11.4. The minimum absolute atomic E-state index is 0.0316. The van der Waals surface area contributed by atoms with Crippen molar-refractivity contribution in [2.75, 3.05) is 0 Å². The van der Waals surface area contributed by atoms with Crippen molar-refractivity contribution < 1.29 is 9.18 Å². The van der Waals surface area contributed by atoms with E-state index in [2.05, 4.69) is 49.7 Å². The highest BCUT2D eigenvalue weighted by Crippen LogP contribution is 2.34. The largest absolute Gasteiger partial charge is 0.353 e. The first-order valence-corrected chi connectivity index (χ1v) is 14.3. The first kappa shape index (κ1) is 28.5. The quantitative estimate of drug-likeness (QED) is 0.121. The molecule has 0 bridgehead atoms. The lowest BCUT2D eigenvalue weighted by molar-refractivity contribution is -0.122. The molecule has 1 amide bonds. The van der Waals surface area contributed by atoms with Gasteiger partial charge in [-0.05, 0) is 94.6 Å². The highest BCUT2D eigenvalue weighted by Gasteiger charge is 2.18. The zero-order valence-corrected chi connectivity index (χ0v) is 25.6. The van der Waals surface area contributed by atoms with Crippen molar-refractivity contribution in [3.05, 3.63) is 100 Å². The second-order valence-corrected chi connectivity index (χ2v) is 12.7. The molecule has 0 saturated carbocycles. The summed E-state index contributed by atoms with van der Waals surface area (Å²) in [5.74, 6) is -0.308. The first-order valence-electron chi connectivity index (χ1n) is 13.2. The average Bonchev–Trinajstić information content (AvgIpc) is 3.50. The van der Waals surface area contributed by atoms with Crippen LogP contribution in [0.15, 0.2) is 88.7 Å². The number of allylic oxidation sites excluding steroid dienone is 5. The molecule has 0 aliphatic carbocycles. The number of fused-ring (bicyclic) bond motifs is 2. The van der Waals surface area contributed by atoms with Gasteiger partial charge in [0.15, 0.2) is 0 Å². The number of benzene rings is 2. The van der Waals surface area contributed by atoms with Gasteiger partial charge in [-0.1, -0.05) is 51.6 Å². The molecule has 0 aliphatic heterocycles. The number of carbonyl (C=O) groups is 1. The normalized spacial score (nSPS) is 12.7. The summed E-state index contributed by atoms with van der Waals surface area (Å²) in [6, 6.07) is 18.4. The van der Waals surface area contributed by atoms with Crippen LogP contribution in [-0.4, -0.2) is 26.1 Å². The molecule has 0 atom stereocenters. The number of hydrogen-bond donors (Lipinski definition) is 3. The molecule has 0 spiro atoms. The van der Waals surface area contributed by atoms with Gasteiger partial charge in [0.25, 0.3) is 0 Å². The molecule has 5 aromatic rings. The lowest BCUT2D eigenvalue weighted by atomic mass is 9.92. The van der Waals surface area contributed by atoms with Crippen molar-refractivity contribution in [3.63, 3.8) is 0 Å². The van der Waals surface area contributed by atoms with Gasteiger partial charge >= 0.3 is 0 Å². The molecule has 0 fully saturated rings. The van der Waals surface area contributed by atoms with Gasteiger partial charge in [-0.2, -0.15) is 5.10 Å². The zero-order valence-electron chi connectivity index (χ0n) is 23.4. The van der Waals surface area contributed by atoms with Crippen molar-refractivity contribution in [2.45, 2.75) is 34.1 Å². The maximum absolute atomic E-state index is 14.0. The Balaban J connectivity index is 1.54. The molecule has 0 radical (unpaired) electrons. The number of hydrogen-bond acceptors (Lipinski definition) is 3. The lowest BCUT2D eigenvalue weighted by Crippen LogP contribution is -2.26. The van der Waals surface area contributed by atoms with Gasteiger partial charge in [0, 0.05) is 32.2 Å². The van der Waals surface area contributed by atoms with E-state index in [1.807, 2.05) is 82.3 Å². The Hall–Kier alpha value is -4.05. The summed E-state index contributed by atoms with van der Waals surface area (Å²) in [5, 5.41) is 11.6. The van der Waals surface area contributed by atoms with Gasteiger partial charge < -0.3 is 10.3 Å². The molecule has 3 aromatic heterocycles. The van der Waals surface area contributed by atoms with Crippen LogP contribution >= 0.6 is 22.6 Å². The van der Waals surface area contributed by atoms with E-state index in [0.29, 0.717) is 17.6 Å². The number of nitrogens with zero attached hydrogens (tertiary/aromatic N) is 2. The minimum Gasteiger partial charge on any atom is -0.353 e. The number of carbonyl (C=O) groups excluding carboxylic acids is 1. The maximum Gasteiger partial charge on any atom is 0.224 e. The van der Waals surface area contributed by atoms with E-state index < -0.39 is 0 Å². The van der Waals surface area contributed by atoms with Crippen LogP contribution in [0.3, 0.4) is 0 Å². The Bertz CT molecular complexity index is 1850. The molecule has 2 aromatic carbocycles. The molecular formula is C33H31FIN5O. The summed E-state index contributed by atoms with van der Waals surface area (Å²) in [4.78, 5) is 21.0. The number of pyridine rings is 1. The van der Waals surface area contributed by atoms with Crippen LogP contribution in [0.2, 0.25) is 0 Å². The third kappa shape index (κ3) is 6.65. The van der Waals surface area contributed by atoms with Crippen molar-refractivity contribution in [3.8, 4) is 22.5 Å². The first-order chi connectivity index (χ1) is 19.5. The van der Waals surface area contributed by atoms with Gasteiger partial charge in [-0.25, -0.2) is 9.37 Å². The van der Waals surface area contributed by atoms with Gasteiger partial charge in [-0.15, -0.1) is 0 Å². The Morgan fingerprint density at radius 2 is 1.85 bits per heavy atom. The predicted molar refractivity (Wildman–Crippen MR) is 174 cm³/mol. The smallest absolute Gasteiger partial charge is 0.224 e. The number of aromatic nitrogens is 4. The van der Waals surface area contributed by atoms with E-state index in [1.54, 1.807) is 6.07 Å². The number of nitrogens with one attached hydrogen (secondary N) is 3. The van der Waals surface area contributed by atoms with E-state index in [-0.39, 0.29) is 17.1 Å². The lowest BCUT2D eigenvalue weighted by Gasteiger charge is -2.17. The van der Waals surface area contributed by atoms with Crippen molar-refractivity contribution in [1.29, 1.82) is 0 Å².